The fraction of sp³-hybridized carbons (Fsp3) is 1.00. The SMILES string of the molecule is CCCNC1CCN(C(C)C2CCCC2)CC1. The Morgan fingerprint density at radius 3 is 2.35 bits per heavy atom. The van der Waals surface area contributed by atoms with Crippen molar-refractivity contribution in [2.45, 2.75) is 70.9 Å². The molecule has 1 aliphatic carbocycles. The summed E-state index contributed by atoms with van der Waals surface area (Å²) in [7, 11) is 0. The normalized spacial score (nSPS) is 26.5. The van der Waals surface area contributed by atoms with Crippen molar-refractivity contribution in [2.75, 3.05) is 19.6 Å². The zero-order valence-corrected chi connectivity index (χ0v) is 11.8. The zero-order chi connectivity index (χ0) is 12.1. The van der Waals surface area contributed by atoms with Gasteiger partial charge in [0.15, 0.2) is 0 Å². The van der Waals surface area contributed by atoms with Crippen LogP contribution in [0.4, 0.5) is 0 Å². The van der Waals surface area contributed by atoms with Gasteiger partial charge in [-0.05, 0) is 64.6 Å². The number of nitrogens with zero attached hydrogens (tertiary/aromatic N) is 1. The van der Waals surface area contributed by atoms with E-state index in [4.69, 9.17) is 0 Å². The number of piperidine rings is 1. The predicted molar refractivity (Wildman–Crippen MR) is 74.3 cm³/mol. The average molecular weight is 238 g/mol. The molecule has 1 aliphatic heterocycles. The van der Waals surface area contributed by atoms with Crippen LogP contribution >= 0.6 is 0 Å². The van der Waals surface area contributed by atoms with Crippen LogP contribution in [0, 0.1) is 5.92 Å². The molecule has 1 unspecified atom stereocenters. The molecular weight excluding hydrogens is 208 g/mol. The minimum Gasteiger partial charge on any atom is -0.314 e. The molecule has 0 amide bonds. The Kier molecular flexibility index (Phi) is 5.30. The van der Waals surface area contributed by atoms with E-state index < -0.39 is 0 Å². The smallest absolute Gasteiger partial charge is 0.00952 e. The summed E-state index contributed by atoms with van der Waals surface area (Å²) in [6.45, 7) is 8.56. The van der Waals surface area contributed by atoms with Crippen LogP contribution in [-0.4, -0.2) is 36.6 Å². The van der Waals surface area contributed by atoms with Crippen LogP contribution in [0.3, 0.4) is 0 Å². The quantitative estimate of drug-likeness (QED) is 0.792. The summed E-state index contributed by atoms with van der Waals surface area (Å²) in [6.07, 6.45) is 9.89. The van der Waals surface area contributed by atoms with Crippen molar-refractivity contribution in [3.8, 4) is 0 Å². The van der Waals surface area contributed by atoms with Crippen LogP contribution in [0.5, 0.6) is 0 Å². The second-order valence-corrected chi connectivity index (χ2v) is 6.05. The Balaban J connectivity index is 1.70. The van der Waals surface area contributed by atoms with Gasteiger partial charge in [-0.1, -0.05) is 19.8 Å². The van der Waals surface area contributed by atoms with Crippen molar-refractivity contribution >= 4 is 0 Å². The molecule has 1 saturated heterocycles. The molecule has 2 nitrogen and oxygen atoms in total. The first-order chi connectivity index (χ1) is 8.31. The molecule has 0 aromatic carbocycles. The van der Waals surface area contributed by atoms with E-state index in [9.17, 15) is 0 Å². The summed E-state index contributed by atoms with van der Waals surface area (Å²) in [4.78, 5) is 2.75. The topological polar surface area (TPSA) is 15.3 Å². The number of hydrogen-bond acceptors (Lipinski definition) is 2. The molecule has 2 aliphatic rings. The third kappa shape index (κ3) is 3.69. The first-order valence-electron chi connectivity index (χ1n) is 7.78. The van der Waals surface area contributed by atoms with Crippen molar-refractivity contribution in [3.05, 3.63) is 0 Å². The molecule has 0 aromatic heterocycles. The standard InChI is InChI=1S/C15H30N2/c1-3-10-16-15-8-11-17(12-9-15)13(2)14-6-4-5-7-14/h13-16H,3-12H2,1-2H3. The lowest BCUT2D eigenvalue weighted by atomic mass is 9.95. The van der Waals surface area contributed by atoms with E-state index in [2.05, 4.69) is 24.1 Å². The highest BCUT2D eigenvalue weighted by molar-refractivity contribution is 4.84. The van der Waals surface area contributed by atoms with Gasteiger partial charge in [0.2, 0.25) is 0 Å². The molecule has 100 valence electrons. The van der Waals surface area contributed by atoms with Gasteiger partial charge in [-0.25, -0.2) is 0 Å². The Hall–Kier alpha value is -0.0800. The van der Waals surface area contributed by atoms with Crippen molar-refractivity contribution < 1.29 is 0 Å². The maximum Gasteiger partial charge on any atom is 0.00952 e. The van der Waals surface area contributed by atoms with Crippen LogP contribution in [0.15, 0.2) is 0 Å². The molecule has 1 heterocycles. The molecule has 0 aromatic rings. The zero-order valence-electron chi connectivity index (χ0n) is 11.8. The molecule has 0 spiro atoms. The minimum atomic E-state index is 0.793. The van der Waals surface area contributed by atoms with Crippen molar-refractivity contribution in [2.24, 2.45) is 5.92 Å². The average Bonchev–Trinajstić information content (AvgIpc) is 2.90. The van der Waals surface area contributed by atoms with Gasteiger partial charge in [0.25, 0.3) is 0 Å². The maximum atomic E-state index is 3.67. The van der Waals surface area contributed by atoms with Gasteiger partial charge in [-0.2, -0.15) is 0 Å². The number of rotatable bonds is 5. The summed E-state index contributed by atoms with van der Waals surface area (Å²) in [5.74, 6) is 0.996. The first kappa shape index (κ1) is 13.4. The Morgan fingerprint density at radius 1 is 1.12 bits per heavy atom. The lowest BCUT2D eigenvalue weighted by Gasteiger charge is -2.38. The molecule has 1 atom stereocenters. The predicted octanol–water partition coefficient (Wildman–Crippen LogP) is 3.03. The molecular formula is C15H30N2. The second-order valence-electron chi connectivity index (χ2n) is 6.05. The van der Waals surface area contributed by atoms with Crippen LogP contribution < -0.4 is 5.32 Å². The van der Waals surface area contributed by atoms with Crippen LogP contribution in [-0.2, 0) is 0 Å². The highest BCUT2D eigenvalue weighted by atomic mass is 15.2. The lowest BCUT2D eigenvalue weighted by molar-refractivity contribution is 0.115. The molecule has 0 bridgehead atoms. The van der Waals surface area contributed by atoms with Gasteiger partial charge in [0.1, 0.15) is 0 Å². The van der Waals surface area contributed by atoms with Gasteiger partial charge in [-0.15, -0.1) is 0 Å². The summed E-state index contributed by atoms with van der Waals surface area (Å²) < 4.78 is 0. The van der Waals surface area contributed by atoms with E-state index in [1.807, 2.05) is 0 Å². The van der Waals surface area contributed by atoms with Gasteiger partial charge in [0, 0.05) is 12.1 Å². The number of likely N-dealkylation sites (tertiary alicyclic amines) is 1. The molecule has 1 N–H and O–H groups in total. The van der Waals surface area contributed by atoms with Crippen LogP contribution in [0.2, 0.25) is 0 Å². The van der Waals surface area contributed by atoms with Crippen LogP contribution in [0.25, 0.3) is 0 Å². The monoisotopic (exact) mass is 238 g/mol. The number of hydrogen-bond donors (Lipinski definition) is 1. The Bertz CT molecular complexity index is 203. The molecule has 2 fully saturated rings. The van der Waals surface area contributed by atoms with Crippen molar-refractivity contribution in [3.63, 3.8) is 0 Å². The maximum absolute atomic E-state index is 3.67. The van der Waals surface area contributed by atoms with E-state index >= 15 is 0 Å². The second kappa shape index (κ2) is 6.75. The Morgan fingerprint density at radius 2 is 1.76 bits per heavy atom. The molecule has 17 heavy (non-hydrogen) atoms. The minimum absolute atomic E-state index is 0.793. The Labute approximate surface area is 107 Å². The van der Waals surface area contributed by atoms with Gasteiger partial charge in [0.05, 0.1) is 0 Å². The molecule has 2 heteroatoms. The third-order valence-corrected chi connectivity index (χ3v) is 4.87. The van der Waals surface area contributed by atoms with Gasteiger partial charge in [-0.3, -0.25) is 0 Å². The highest BCUT2D eigenvalue weighted by Gasteiger charge is 2.28. The van der Waals surface area contributed by atoms with E-state index in [0.717, 1.165) is 18.0 Å². The molecule has 2 rings (SSSR count). The van der Waals surface area contributed by atoms with Crippen molar-refractivity contribution in [1.82, 2.24) is 10.2 Å². The summed E-state index contributed by atoms with van der Waals surface area (Å²) in [5.41, 5.74) is 0. The summed E-state index contributed by atoms with van der Waals surface area (Å²) >= 11 is 0. The summed E-state index contributed by atoms with van der Waals surface area (Å²) in [6, 6.07) is 1.63. The third-order valence-electron chi connectivity index (χ3n) is 4.87. The largest absolute Gasteiger partial charge is 0.314 e. The molecule has 0 radical (unpaired) electrons. The van der Waals surface area contributed by atoms with Crippen LogP contribution in [0.1, 0.15) is 58.8 Å². The fourth-order valence-electron chi connectivity index (χ4n) is 3.60. The van der Waals surface area contributed by atoms with E-state index in [-0.39, 0.29) is 0 Å². The highest BCUT2D eigenvalue weighted by Crippen LogP contribution is 2.31. The van der Waals surface area contributed by atoms with E-state index in [0.29, 0.717) is 0 Å². The lowest BCUT2D eigenvalue weighted by Crippen LogP contribution is -2.47. The van der Waals surface area contributed by atoms with Gasteiger partial charge < -0.3 is 10.2 Å². The number of nitrogens with one attached hydrogen (secondary N) is 1. The molecule has 1 saturated carbocycles. The first-order valence-corrected chi connectivity index (χ1v) is 7.78. The van der Waals surface area contributed by atoms with Crippen molar-refractivity contribution in [1.29, 1.82) is 0 Å². The summed E-state index contributed by atoms with van der Waals surface area (Å²) in [5, 5.41) is 3.67. The van der Waals surface area contributed by atoms with E-state index in [1.54, 1.807) is 0 Å². The van der Waals surface area contributed by atoms with Gasteiger partial charge >= 0.3 is 0 Å². The van der Waals surface area contributed by atoms with E-state index in [1.165, 1.54) is 64.6 Å². The fourth-order valence-corrected chi connectivity index (χ4v) is 3.60.